The van der Waals surface area contributed by atoms with E-state index >= 15 is 0 Å². The van der Waals surface area contributed by atoms with Gasteiger partial charge >= 0.3 is 5.97 Å². The van der Waals surface area contributed by atoms with E-state index in [9.17, 15) is 4.79 Å². The second kappa shape index (κ2) is 3.42. The summed E-state index contributed by atoms with van der Waals surface area (Å²) in [5.41, 5.74) is 1.02. The molecule has 1 saturated heterocycles. The Morgan fingerprint density at radius 3 is 2.43 bits per heavy atom. The number of carbonyl (C=O) groups excluding carboxylic acids is 1. The van der Waals surface area contributed by atoms with E-state index in [1.54, 1.807) is 0 Å². The lowest BCUT2D eigenvalue weighted by molar-refractivity contribution is -0.142. The highest BCUT2D eigenvalue weighted by molar-refractivity contribution is 5.77. The summed E-state index contributed by atoms with van der Waals surface area (Å²) in [6.45, 7) is 1.85. The maximum absolute atomic E-state index is 11.3. The van der Waals surface area contributed by atoms with Crippen LogP contribution in [-0.4, -0.2) is 24.0 Å². The molecule has 0 bridgehead atoms. The summed E-state index contributed by atoms with van der Waals surface area (Å²) in [6, 6.07) is 9.61. The highest BCUT2D eigenvalue weighted by atomic mass is 16.6. The van der Waals surface area contributed by atoms with Gasteiger partial charge in [-0.15, -0.1) is 0 Å². The van der Waals surface area contributed by atoms with Gasteiger partial charge in [0.15, 0.2) is 6.23 Å². The largest absolute Gasteiger partial charge is 0.441 e. The average molecular weight is 191 g/mol. The Morgan fingerprint density at radius 2 is 1.93 bits per heavy atom. The highest BCUT2D eigenvalue weighted by Gasteiger charge is 2.37. The van der Waals surface area contributed by atoms with Gasteiger partial charge in [0.1, 0.15) is 6.04 Å². The number of carbonyl (C=O) groups is 1. The van der Waals surface area contributed by atoms with Crippen LogP contribution < -0.4 is 0 Å². The van der Waals surface area contributed by atoms with E-state index in [1.165, 1.54) is 0 Å². The third-order valence-electron chi connectivity index (χ3n) is 2.63. The second-order valence-electron chi connectivity index (χ2n) is 3.54. The summed E-state index contributed by atoms with van der Waals surface area (Å²) in [6.07, 6.45) is -0.223. The summed E-state index contributed by atoms with van der Waals surface area (Å²) in [7, 11) is 1.90. The molecule has 3 nitrogen and oxygen atoms in total. The lowest BCUT2D eigenvalue weighted by atomic mass is 10.2. The fourth-order valence-electron chi connectivity index (χ4n) is 1.58. The van der Waals surface area contributed by atoms with E-state index in [0.29, 0.717) is 0 Å². The molecule has 0 spiro atoms. The zero-order valence-corrected chi connectivity index (χ0v) is 8.31. The molecule has 0 aliphatic carbocycles. The molecule has 1 fully saturated rings. The highest BCUT2D eigenvalue weighted by Crippen LogP contribution is 2.29. The lowest BCUT2D eigenvalue weighted by Gasteiger charge is -2.18. The van der Waals surface area contributed by atoms with Crippen molar-refractivity contribution in [1.29, 1.82) is 0 Å². The smallest absolute Gasteiger partial charge is 0.325 e. The van der Waals surface area contributed by atoms with Crippen LogP contribution in [0.25, 0.3) is 0 Å². The molecular formula is C11H13NO2. The Labute approximate surface area is 83.3 Å². The van der Waals surface area contributed by atoms with Crippen LogP contribution in [0.2, 0.25) is 0 Å². The number of esters is 1. The molecule has 1 aliphatic heterocycles. The van der Waals surface area contributed by atoms with Gasteiger partial charge in [0.2, 0.25) is 0 Å². The molecule has 0 saturated carbocycles. The predicted octanol–water partition coefficient (Wildman–Crippen LogP) is 1.56. The van der Waals surface area contributed by atoms with Crippen LogP contribution in [-0.2, 0) is 9.53 Å². The fraction of sp³-hybridized carbons (Fsp3) is 0.364. The number of benzene rings is 1. The van der Waals surface area contributed by atoms with Gasteiger partial charge < -0.3 is 4.74 Å². The molecule has 0 N–H and O–H groups in total. The Kier molecular flexibility index (Phi) is 2.25. The summed E-state index contributed by atoms with van der Waals surface area (Å²) in [4.78, 5) is 13.2. The van der Waals surface area contributed by atoms with Crippen molar-refractivity contribution in [3.63, 3.8) is 0 Å². The average Bonchev–Trinajstić information content (AvgIpc) is 2.47. The van der Waals surface area contributed by atoms with Gasteiger partial charge in [0, 0.05) is 5.56 Å². The molecule has 74 valence electrons. The first-order valence-electron chi connectivity index (χ1n) is 4.67. The minimum Gasteiger partial charge on any atom is -0.441 e. The van der Waals surface area contributed by atoms with E-state index < -0.39 is 0 Å². The van der Waals surface area contributed by atoms with Crippen molar-refractivity contribution in [3.05, 3.63) is 35.9 Å². The van der Waals surface area contributed by atoms with Crippen molar-refractivity contribution in [2.75, 3.05) is 7.05 Å². The van der Waals surface area contributed by atoms with E-state index in [-0.39, 0.29) is 18.2 Å². The Hall–Kier alpha value is -1.35. The Balaban J connectivity index is 2.26. The van der Waals surface area contributed by atoms with E-state index in [0.717, 1.165) is 5.56 Å². The van der Waals surface area contributed by atoms with E-state index in [2.05, 4.69) is 0 Å². The maximum Gasteiger partial charge on any atom is 0.325 e. The standard InChI is InChI=1S/C11H13NO2/c1-8-11(13)14-10(12(8)2)9-6-4-3-5-7-9/h3-8,10H,1-2H3/t8-,10-/m1/s1. The van der Waals surface area contributed by atoms with Crippen molar-refractivity contribution in [2.24, 2.45) is 0 Å². The van der Waals surface area contributed by atoms with Crippen LogP contribution in [0.4, 0.5) is 0 Å². The van der Waals surface area contributed by atoms with Gasteiger partial charge in [-0.2, -0.15) is 0 Å². The van der Waals surface area contributed by atoms with Crippen LogP contribution >= 0.6 is 0 Å². The number of hydrogen-bond donors (Lipinski definition) is 0. The number of nitrogens with zero attached hydrogens (tertiary/aromatic N) is 1. The van der Waals surface area contributed by atoms with Crippen molar-refractivity contribution in [3.8, 4) is 0 Å². The van der Waals surface area contributed by atoms with Crippen LogP contribution in [0.5, 0.6) is 0 Å². The molecule has 2 atom stereocenters. The number of ether oxygens (including phenoxy) is 1. The third-order valence-corrected chi connectivity index (χ3v) is 2.63. The van der Waals surface area contributed by atoms with Crippen molar-refractivity contribution >= 4 is 5.97 Å². The normalized spacial score (nSPS) is 27.7. The molecule has 1 heterocycles. The van der Waals surface area contributed by atoms with E-state index in [4.69, 9.17) is 4.74 Å². The minimum atomic E-state index is -0.223. The minimum absolute atomic E-state index is 0.152. The van der Waals surface area contributed by atoms with Crippen molar-refractivity contribution in [1.82, 2.24) is 4.90 Å². The molecule has 1 aromatic rings. The molecule has 1 aliphatic rings. The zero-order valence-electron chi connectivity index (χ0n) is 8.31. The molecule has 0 aromatic heterocycles. The first-order valence-corrected chi connectivity index (χ1v) is 4.67. The molecule has 14 heavy (non-hydrogen) atoms. The molecule has 2 rings (SSSR count). The monoisotopic (exact) mass is 191 g/mol. The zero-order chi connectivity index (χ0) is 10.1. The third kappa shape index (κ3) is 1.40. The van der Waals surface area contributed by atoms with Crippen LogP contribution in [0.3, 0.4) is 0 Å². The topological polar surface area (TPSA) is 29.5 Å². The van der Waals surface area contributed by atoms with Gasteiger partial charge in [-0.05, 0) is 14.0 Å². The van der Waals surface area contributed by atoms with Gasteiger partial charge in [0.05, 0.1) is 0 Å². The summed E-state index contributed by atoms with van der Waals surface area (Å²) in [5.74, 6) is -0.152. The SMILES string of the molecule is C[C@@H]1C(=O)O[C@H](c2ccccc2)N1C. The van der Waals surface area contributed by atoms with Crippen LogP contribution in [0.15, 0.2) is 30.3 Å². The van der Waals surface area contributed by atoms with Crippen molar-refractivity contribution < 1.29 is 9.53 Å². The summed E-state index contributed by atoms with van der Waals surface area (Å²) >= 11 is 0. The quantitative estimate of drug-likeness (QED) is 0.631. The molecule has 3 heteroatoms. The van der Waals surface area contributed by atoms with Crippen LogP contribution in [0, 0.1) is 0 Å². The number of cyclic esters (lactones) is 1. The Bertz CT molecular complexity index is 336. The molecule has 1 aromatic carbocycles. The first kappa shape index (κ1) is 9.21. The molecule has 0 amide bonds. The first-order chi connectivity index (χ1) is 6.70. The summed E-state index contributed by atoms with van der Waals surface area (Å²) in [5, 5.41) is 0. The molecular weight excluding hydrogens is 178 g/mol. The van der Waals surface area contributed by atoms with Gasteiger partial charge in [-0.3, -0.25) is 9.69 Å². The Morgan fingerprint density at radius 1 is 1.29 bits per heavy atom. The van der Waals surface area contributed by atoms with Crippen LogP contribution in [0.1, 0.15) is 18.7 Å². The maximum atomic E-state index is 11.3. The molecule has 0 radical (unpaired) electrons. The predicted molar refractivity (Wildman–Crippen MR) is 52.5 cm³/mol. The lowest BCUT2D eigenvalue weighted by Crippen LogP contribution is -2.27. The fourth-order valence-corrected chi connectivity index (χ4v) is 1.58. The van der Waals surface area contributed by atoms with Crippen molar-refractivity contribution in [2.45, 2.75) is 19.2 Å². The number of likely N-dealkylation sites (N-methyl/N-ethyl adjacent to an activating group) is 1. The van der Waals surface area contributed by atoms with E-state index in [1.807, 2.05) is 49.2 Å². The van der Waals surface area contributed by atoms with Gasteiger partial charge in [0.25, 0.3) is 0 Å². The summed E-state index contributed by atoms with van der Waals surface area (Å²) < 4.78 is 5.26. The molecule has 0 unspecified atom stereocenters. The second-order valence-corrected chi connectivity index (χ2v) is 3.54. The van der Waals surface area contributed by atoms with Gasteiger partial charge in [-0.1, -0.05) is 30.3 Å². The van der Waals surface area contributed by atoms with Gasteiger partial charge in [-0.25, -0.2) is 0 Å². The number of hydrogen-bond acceptors (Lipinski definition) is 3. The number of rotatable bonds is 1.